The van der Waals surface area contributed by atoms with Crippen LogP contribution < -0.4 is 0 Å². The molecule has 7 heteroatoms. The molecule has 6 aromatic heterocycles. The molecular formula is C62H60IrN6-2. The Kier molecular flexibility index (Phi) is 17.6. The minimum atomic E-state index is 0. The first-order valence-electron chi connectivity index (χ1n) is 24.0. The van der Waals surface area contributed by atoms with Gasteiger partial charge in [-0.05, 0) is 103 Å². The van der Waals surface area contributed by atoms with E-state index in [1.54, 1.807) is 6.20 Å². The minimum Gasteiger partial charge on any atom is -0.338 e. The van der Waals surface area contributed by atoms with E-state index in [2.05, 4.69) is 180 Å². The molecule has 0 amide bonds. The van der Waals surface area contributed by atoms with Gasteiger partial charge in [-0.3, -0.25) is 9.97 Å². The van der Waals surface area contributed by atoms with Crippen molar-refractivity contribution < 1.29 is 20.1 Å². The van der Waals surface area contributed by atoms with E-state index in [9.17, 15) is 0 Å². The van der Waals surface area contributed by atoms with Gasteiger partial charge in [-0.25, -0.2) is 0 Å². The number of nitrogens with zero attached hydrogens (tertiary/aromatic N) is 6. The van der Waals surface area contributed by atoms with E-state index in [4.69, 9.17) is 0 Å². The van der Waals surface area contributed by atoms with Crippen LogP contribution in [-0.2, 0) is 20.1 Å². The summed E-state index contributed by atoms with van der Waals surface area (Å²) in [6, 6.07) is 63.0. The van der Waals surface area contributed by atoms with Gasteiger partial charge in [0.1, 0.15) is 0 Å². The van der Waals surface area contributed by atoms with E-state index >= 15 is 0 Å². The third-order valence-corrected chi connectivity index (χ3v) is 13.0. The van der Waals surface area contributed by atoms with Crippen molar-refractivity contribution in [1.29, 1.82) is 0 Å². The van der Waals surface area contributed by atoms with Crippen molar-refractivity contribution in [3.8, 4) is 28.2 Å². The summed E-state index contributed by atoms with van der Waals surface area (Å²) < 4.78 is 4.73. The van der Waals surface area contributed by atoms with Gasteiger partial charge < -0.3 is 19.1 Å². The zero-order valence-corrected chi connectivity index (χ0v) is 42.8. The van der Waals surface area contributed by atoms with E-state index in [-0.39, 0.29) is 20.1 Å². The van der Waals surface area contributed by atoms with Crippen molar-refractivity contribution in [3.05, 3.63) is 224 Å². The van der Waals surface area contributed by atoms with Crippen LogP contribution in [0, 0.1) is 12.1 Å². The summed E-state index contributed by atoms with van der Waals surface area (Å²) >= 11 is 0. The average molecular weight is 1080 g/mol. The molecule has 69 heavy (non-hydrogen) atoms. The number of pyridine rings is 4. The Morgan fingerprint density at radius 2 is 0.986 bits per heavy atom. The van der Waals surface area contributed by atoms with E-state index in [0.717, 1.165) is 40.9 Å². The van der Waals surface area contributed by atoms with Gasteiger partial charge in [-0.1, -0.05) is 107 Å². The third kappa shape index (κ3) is 11.6. The topological polar surface area (TPSA) is 61.4 Å². The Hall–Kier alpha value is -7.05. The average Bonchev–Trinajstić information content (AvgIpc) is 3.95. The Bertz CT molecular complexity index is 3130. The third-order valence-electron chi connectivity index (χ3n) is 13.0. The number of para-hydroxylation sites is 2. The van der Waals surface area contributed by atoms with E-state index in [0.29, 0.717) is 17.9 Å². The quantitative estimate of drug-likeness (QED) is 0.135. The van der Waals surface area contributed by atoms with E-state index < -0.39 is 0 Å². The second kappa shape index (κ2) is 24.3. The first-order valence-corrected chi connectivity index (χ1v) is 24.0. The first kappa shape index (κ1) is 49.8. The molecule has 3 unspecified atom stereocenters. The van der Waals surface area contributed by atoms with Gasteiger partial charge in [0.15, 0.2) is 0 Å². The molecule has 0 aliphatic heterocycles. The second-order valence-electron chi connectivity index (χ2n) is 17.2. The van der Waals surface area contributed by atoms with Gasteiger partial charge in [0, 0.05) is 89.9 Å². The van der Waals surface area contributed by atoms with Crippen molar-refractivity contribution >= 4 is 43.6 Å². The van der Waals surface area contributed by atoms with Crippen LogP contribution in [0.5, 0.6) is 0 Å². The zero-order valence-electron chi connectivity index (χ0n) is 40.4. The van der Waals surface area contributed by atoms with Gasteiger partial charge in [0.05, 0.1) is 22.7 Å². The van der Waals surface area contributed by atoms with Crippen molar-refractivity contribution in [3.63, 3.8) is 0 Å². The van der Waals surface area contributed by atoms with Gasteiger partial charge in [-0.2, -0.15) is 0 Å². The molecule has 0 bridgehead atoms. The van der Waals surface area contributed by atoms with Crippen molar-refractivity contribution in [2.75, 3.05) is 0 Å². The molecule has 6 nitrogen and oxygen atoms in total. The molecule has 0 spiro atoms. The van der Waals surface area contributed by atoms with E-state index in [1.165, 1.54) is 61.3 Å². The fraction of sp³-hybridized carbons (Fsp3) is 0.194. The van der Waals surface area contributed by atoms with Crippen LogP contribution in [0.1, 0.15) is 89.8 Å². The first-order chi connectivity index (χ1) is 33.4. The Morgan fingerprint density at radius 3 is 1.59 bits per heavy atom. The zero-order chi connectivity index (χ0) is 47.2. The fourth-order valence-corrected chi connectivity index (χ4v) is 8.51. The Balaban J connectivity index is 0.000000139. The summed E-state index contributed by atoms with van der Waals surface area (Å²) in [4.78, 5) is 17.3. The molecule has 1 radical (unpaired) electrons. The maximum absolute atomic E-state index is 4.49. The molecule has 5 aromatic carbocycles. The Labute approximate surface area is 421 Å². The van der Waals surface area contributed by atoms with Crippen LogP contribution in [0.15, 0.2) is 201 Å². The maximum atomic E-state index is 4.49. The van der Waals surface area contributed by atoms with Crippen molar-refractivity contribution in [2.45, 2.75) is 78.7 Å². The summed E-state index contributed by atoms with van der Waals surface area (Å²) in [6.07, 6.45) is 14.9. The molecule has 11 rings (SSSR count). The fourth-order valence-electron chi connectivity index (χ4n) is 8.51. The predicted molar refractivity (Wildman–Crippen MR) is 285 cm³/mol. The number of rotatable bonds is 9. The number of fused-ring (bicyclic) bond motifs is 6. The van der Waals surface area contributed by atoms with Crippen LogP contribution in [0.2, 0.25) is 0 Å². The molecule has 0 aliphatic rings. The summed E-state index contributed by atoms with van der Waals surface area (Å²) in [5.74, 6) is 1.19. The van der Waals surface area contributed by atoms with Crippen molar-refractivity contribution in [1.82, 2.24) is 29.1 Å². The molecule has 0 N–H and O–H groups in total. The van der Waals surface area contributed by atoms with Crippen LogP contribution in [0.25, 0.3) is 71.8 Å². The maximum Gasteiger partial charge on any atom is 0.0724 e. The van der Waals surface area contributed by atoms with Crippen LogP contribution in [0.4, 0.5) is 0 Å². The summed E-state index contributed by atoms with van der Waals surface area (Å²) in [5, 5.41) is 5.08. The van der Waals surface area contributed by atoms with Crippen molar-refractivity contribution in [2.24, 2.45) is 0 Å². The monoisotopic (exact) mass is 1080 g/mol. The van der Waals surface area contributed by atoms with Crippen LogP contribution in [0.3, 0.4) is 0 Å². The molecule has 11 aromatic rings. The summed E-state index contributed by atoms with van der Waals surface area (Å²) in [7, 11) is 0. The Morgan fingerprint density at radius 1 is 0.435 bits per heavy atom. The van der Waals surface area contributed by atoms with Crippen LogP contribution >= 0.6 is 0 Å². The van der Waals surface area contributed by atoms with Crippen LogP contribution in [-0.4, -0.2) is 29.1 Å². The number of aromatic nitrogens is 6. The predicted octanol–water partition coefficient (Wildman–Crippen LogP) is 16.5. The number of hydrogen-bond donors (Lipinski definition) is 0. The molecule has 349 valence electrons. The normalized spacial score (nSPS) is 12.1. The SMILES string of the molecule is CCC(C)c1ccc(-c2[c-]cccc2)nc1.CCC(C)c1ccc(-n2c3ccccc3c3ccncc32)cc1.CCC(C)n1c2ccccc2c2cnccc21.[Ir].[c-]1ccccc1-c1ccccn1. The molecule has 0 aliphatic carbocycles. The smallest absolute Gasteiger partial charge is 0.0724 e. The summed E-state index contributed by atoms with van der Waals surface area (Å²) in [5.41, 5.74) is 12.9. The molecule has 0 saturated carbocycles. The minimum absolute atomic E-state index is 0. The van der Waals surface area contributed by atoms with E-state index in [1.807, 2.05) is 97.7 Å². The van der Waals surface area contributed by atoms with Gasteiger partial charge >= 0.3 is 0 Å². The van der Waals surface area contributed by atoms with Gasteiger partial charge in [-0.15, -0.1) is 71.8 Å². The standard InChI is InChI=1S/C21H20N2.C15H16N2.C15H16N.C11H8N.Ir/c1-3-15(2)16-8-10-17(11-9-16)23-20-7-5-4-6-18(20)19-12-13-22-14-21(19)23;1-3-11(2)17-14-7-5-4-6-12(14)13-10-16-9-8-15(13)17;1-3-12(2)14-9-10-15(16-11-14)13-7-5-4-6-8-13;1-2-6-10(7-3-1)11-8-4-5-9-12-11;/h4-15H,3H2,1-2H3;4-11H,3H2,1-2H3;4-7,9-12H,3H2,1-2H3;1-6,8-9H;/q;;2*-1;. The molecule has 0 saturated heterocycles. The summed E-state index contributed by atoms with van der Waals surface area (Å²) in [6.45, 7) is 13.4. The number of hydrogen-bond acceptors (Lipinski definition) is 4. The van der Waals surface area contributed by atoms with Gasteiger partial charge in [0.2, 0.25) is 0 Å². The molecule has 6 heterocycles. The molecular weight excluding hydrogens is 1020 g/mol. The second-order valence-corrected chi connectivity index (χ2v) is 17.2. The van der Waals surface area contributed by atoms with Gasteiger partial charge in [0.25, 0.3) is 0 Å². The number of benzene rings is 5. The molecule has 3 atom stereocenters. The molecule has 0 fully saturated rings. The largest absolute Gasteiger partial charge is 0.338 e.